The van der Waals surface area contributed by atoms with Gasteiger partial charge in [-0.25, -0.2) is 9.97 Å². The SMILES string of the molecule is Cc1nn(C)cc1-c1cc2ncnc(Cl)c2[nH]1. The van der Waals surface area contributed by atoms with Gasteiger partial charge in [0, 0.05) is 18.8 Å². The summed E-state index contributed by atoms with van der Waals surface area (Å²) in [5.74, 6) is 0. The van der Waals surface area contributed by atoms with Crippen molar-refractivity contribution in [2.24, 2.45) is 7.05 Å². The lowest BCUT2D eigenvalue weighted by atomic mass is 10.2. The molecule has 0 aliphatic carbocycles. The van der Waals surface area contributed by atoms with Crippen molar-refractivity contribution in [3.63, 3.8) is 0 Å². The molecule has 1 N–H and O–H groups in total. The Morgan fingerprint density at radius 1 is 1.35 bits per heavy atom. The first kappa shape index (κ1) is 10.3. The number of aryl methyl sites for hydroxylation is 2. The van der Waals surface area contributed by atoms with E-state index in [1.807, 2.05) is 26.2 Å². The molecule has 0 spiro atoms. The summed E-state index contributed by atoms with van der Waals surface area (Å²) in [6.07, 6.45) is 3.42. The van der Waals surface area contributed by atoms with Crippen LogP contribution in [0.1, 0.15) is 5.69 Å². The molecule has 0 fully saturated rings. The molecule has 86 valence electrons. The van der Waals surface area contributed by atoms with Crippen molar-refractivity contribution in [1.29, 1.82) is 0 Å². The van der Waals surface area contributed by atoms with Gasteiger partial charge in [-0.2, -0.15) is 5.10 Å². The normalized spacial score (nSPS) is 11.2. The lowest BCUT2D eigenvalue weighted by Gasteiger charge is -1.92. The van der Waals surface area contributed by atoms with E-state index in [1.165, 1.54) is 6.33 Å². The summed E-state index contributed by atoms with van der Waals surface area (Å²) >= 11 is 6.00. The maximum absolute atomic E-state index is 6.00. The summed E-state index contributed by atoms with van der Waals surface area (Å²) in [4.78, 5) is 11.3. The van der Waals surface area contributed by atoms with E-state index in [4.69, 9.17) is 11.6 Å². The van der Waals surface area contributed by atoms with E-state index in [9.17, 15) is 0 Å². The van der Waals surface area contributed by atoms with Gasteiger partial charge >= 0.3 is 0 Å². The lowest BCUT2D eigenvalue weighted by Crippen LogP contribution is -1.86. The van der Waals surface area contributed by atoms with E-state index in [0.29, 0.717) is 5.15 Å². The van der Waals surface area contributed by atoms with Gasteiger partial charge in [-0.05, 0) is 13.0 Å². The number of aromatic amines is 1. The number of nitrogens with one attached hydrogen (secondary N) is 1. The predicted octanol–water partition coefficient (Wildman–Crippen LogP) is 2.32. The molecule has 0 radical (unpaired) electrons. The zero-order chi connectivity index (χ0) is 12.0. The molecule has 3 aromatic heterocycles. The Kier molecular flexibility index (Phi) is 2.16. The van der Waals surface area contributed by atoms with Crippen LogP contribution in [0.5, 0.6) is 0 Å². The minimum absolute atomic E-state index is 0.433. The predicted molar refractivity (Wildman–Crippen MR) is 65.8 cm³/mol. The van der Waals surface area contributed by atoms with Gasteiger partial charge in [0.1, 0.15) is 11.8 Å². The van der Waals surface area contributed by atoms with Gasteiger partial charge in [0.25, 0.3) is 0 Å². The Labute approximate surface area is 102 Å². The topological polar surface area (TPSA) is 59.4 Å². The largest absolute Gasteiger partial charge is 0.351 e. The summed E-state index contributed by atoms with van der Waals surface area (Å²) < 4.78 is 1.78. The van der Waals surface area contributed by atoms with Crippen LogP contribution in [-0.4, -0.2) is 24.7 Å². The van der Waals surface area contributed by atoms with Gasteiger partial charge in [-0.1, -0.05) is 11.6 Å². The second-order valence-electron chi connectivity index (χ2n) is 3.91. The Morgan fingerprint density at radius 2 is 2.18 bits per heavy atom. The first-order valence-electron chi connectivity index (χ1n) is 5.15. The number of nitrogens with zero attached hydrogens (tertiary/aromatic N) is 4. The van der Waals surface area contributed by atoms with Crippen molar-refractivity contribution in [2.45, 2.75) is 6.92 Å². The molecule has 3 heterocycles. The highest BCUT2D eigenvalue weighted by atomic mass is 35.5. The van der Waals surface area contributed by atoms with Crippen molar-refractivity contribution in [3.8, 4) is 11.3 Å². The third-order valence-electron chi connectivity index (χ3n) is 2.67. The van der Waals surface area contributed by atoms with E-state index in [2.05, 4.69) is 20.1 Å². The molecule has 0 unspecified atom stereocenters. The van der Waals surface area contributed by atoms with Crippen molar-refractivity contribution in [3.05, 3.63) is 29.4 Å². The van der Waals surface area contributed by atoms with Crippen LogP contribution in [0.4, 0.5) is 0 Å². The number of hydrogen-bond donors (Lipinski definition) is 1. The molecule has 0 aliphatic heterocycles. The van der Waals surface area contributed by atoms with Gasteiger partial charge in [0.15, 0.2) is 5.15 Å². The molecule has 0 aliphatic rings. The van der Waals surface area contributed by atoms with Crippen LogP contribution < -0.4 is 0 Å². The minimum Gasteiger partial charge on any atom is -0.351 e. The molecule has 17 heavy (non-hydrogen) atoms. The molecule has 3 aromatic rings. The molecule has 0 amide bonds. The molecule has 6 heteroatoms. The van der Waals surface area contributed by atoms with E-state index in [1.54, 1.807) is 4.68 Å². The zero-order valence-corrected chi connectivity index (χ0v) is 10.2. The Balaban J connectivity index is 2.25. The molecular weight excluding hydrogens is 238 g/mol. The first-order chi connectivity index (χ1) is 8.15. The van der Waals surface area contributed by atoms with Crippen LogP contribution in [0, 0.1) is 6.92 Å². The molecular formula is C11H10ClN5. The quantitative estimate of drug-likeness (QED) is 0.672. The van der Waals surface area contributed by atoms with Crippen LogP contribution in [-0.2, 0) is 7.05 Å². The van der Waals surface area contributed by atoms with E-state index in [0.717, 1.165) is 28.0 Å². The van der Waals surface area contributed by atoms with Gasteiger partial charge in [-0.3, -0.25) is 4.68 Å². The number of halogens is 1. The summed E-state index contributed by atoms with van der Waals surface area (Å²) in [6.45, 7) is 1.97. The van der Waals surface area contributed by atoms with Crippen LogP contribution in [0.15, 0.2) is 18.6 Å². The summed E-state index contributed by atoms with van der Waals surface area (Å²) in [6, 6.07) is 1.95. The summed E-state index contributed by atoms with van der Waals surface area (Å²) in [7, 11) is 1.89. The molecule has 0 bridgehead atoms. The van der Waals surface area contributed by atoms with Crippen LogP contribution in [0.2, 0.25) is 5.15 Å². The average Bonchev–Trinajstić information content (AvgIpc) is 2.82. The fraction of sp³-hybridized carbons (Fsp3) is 0.182. The monoisotopic (exact) mass is 247 g/mol. The smallest absolute Gasteiger partial charge is 0.156 e. The van der Waals surface area contributed by atoms with Crippen LogP contribution in [0.25, 0.3) is 22.3 Å². The highest BCUT2D eigenvalue weighted by Crippen LogP contribution is 2.27. The van der Waals surface area contributed by atoms with Gasteiger partial charge in [-0.15, -0.1) is 0 Å². The third kappa shape index (κ3) is 1.59. The van der Waals surface area contributed by atoms with Crippen LogP contribution >= 0.6 is 11.6 Å². The fourth-order valence-corrected chi connectivity index (χ4v) is 2.11. The number of H-pyrrole nitrogens is 1. The van der Waals surface area contributed by atoms with E-state index < -0.39 is 0 Å². The summed E-state index contributed by atoms with van der Waals surface area (Å²) in [5, 5.41) is 4.74. The van der Waals surface area contributed by atoms with E-state index >= 15 is 0 Å². The van der Waals surface area contributed by atoms with Crippen molar-refractivity contribution < 1.29 is 0 Å². The van der Waals surface area contributed by atoms with Gasteiger partial charge in [0.05, 0.1) is 16.9 Å². The molecule has 5 nitrogen and oxygen atoms in total. The first-order valence-corrected chi connectivity index (χ1v) is 5.53. The minimum atomic E-state index is 0.433. The molecule has 0 aromatic carbocycles. The van der Waals surface area contributed by atoms with E-state index in [-0.39, 0.29) is 0 Å². The molecule has 0 saturated heterocycles. The number of fused-ring (bicyclic) bond motifs is 1. The van der Waals surface area contributed by atoms with Gasteiger partial charge < -0.3 is 4.98 Å². The van der Waals surface area contributed by atoms with Crippen molar-refractivity contribution in [1.82, 2.24) is 24.7 Å². The second-order valence-corrected chi connectivity index (χ2v) is 4.27. The fourth-order valence-electron chi connectivity index (χ4n) is 1.92. The molecule has 0 atom stereocenters. The summed E-state index contributed by atoms with van der Waals surface area (Å²) in [5.41, 5.74) is 4.52. The maximum atomic E-state index is 6.00. The van der Waals surface area contributed by atoms with Crippen LogP contribution in [0.3, 0.4) is 0 Å². The number of rotatable bonds is 1. The lowest BCUT2D eigenvalue weighted by molar-refractivity contribution is 0.756. The maximum Gasteiger partial charge on any atom is 0.156 e. The number of aromatic nitrogens is 5. The van der Waals surface area contributed by atoms with Gasteiger partial charge in [0.2, 0.25) is 0 Å². The Morgan fingerprint density at radius 3 is 2.82 bits per heavy atom. The molecule has 0 saturated carbocycles. The number of hydrogen-bond acceptors (Lipinski definition) is 3. The highest BCUT2D eigenvalue weighted by Gasteiger charge is 2.11. The Hall–Kier alpha value is -1.88. The highest BCUT2D eigenvalue weighted by molar-refractivity contribution is 6.33. The average molecular weight is 248 g/mol. The van der Waals surface area contributed by atoms with Crippen molar-refractivity contribution in [2.75, 3.05) is 0 Å². The third-order valence-corrected chi connectivity index (χ3v) is 2.96. The zero-order valence-electron chi connectivity index (χ0n) is 9.40. The second kappa shape index (κ2) is 3.56. The standard InChI is InChI=1S/C11H10ClN5/c1-6-7(4-17(2)16-6)8-3-9-10(15-8)11(12)14-5-13-9/h3-5,15H,1-2H3. The van der Waals surface area contributed by atoms with Crippen molar-refractivity contribution >= 4 is 22.6 Å². The Bertz CT molecular complexity index is 697. The molecule has 3 rings (SSSR count).